The quantitative estimate of drug-likeness (QED) is 0.623. The second-order valence-electron chi connectivity index (χ2n) is 5.06. The van der Waals surface area contributed by atoms with E-state index >= 15 is 0 Å². The first-order valence-corrected chi connectivity index (χ1v) is 7.39. The highest BCUT2D eigenvalue weighted by atomic mass is 79.9. The number of benzene rings is 1. The van der Waals surface area contributed by atoms with Gasteiger partial charge in [-0.15, -0.1) is 0 Å². The van der Waals surface area contributed by atoms with E-state index in [0.717, 1.165) is 0 Å². The number of rotatable bonds is 6. The molecule has 0 saturated heterocycles. The summed E-state index contributed by atoms with van der Waals surface area (Å²) in [6.45, 7) is 5.04. The fourth-order valence-electron chi connectivity index (χ4n) is 2.15. The van der Waals surface area contributed by atoms with Crippen molar-refractivity contribution in [1.29, 1.82) is 0 Å². The molecule has 0 fully saturated rings. The Kier molecular flexibility index (Phi) is 5.89. The molecule has 0 aliphatic heterocycles. The number of ether oxygens (including phenoxy) is 1. The zero-order chi connectivity index (χ0) is 16.2. The maximum atomic E-state index is 13.1. The topological polar surface area (TPSA) is 63.6 Å². The zero-order valence-corrected chi connectivity index (χ0v) is 13.7. The molecule has 0 aromatic heterocycles. The lowest BCUT2D eigenvalue weighted by Crippen LogP contribution is -2.47. The van der Waals surface area contributed by atoms with Gasteiger partial charge in [0.25, 0.3) is 0 Å². The summed E-state index contributed by atoms with van der Waals surface area (Å²) in [7, 11) is 0. The maximum Gasteiger partial charge on any atom is 0.324 e. The van der Waals surface area contributed by atoms with E-state index in [1.807, 2.05) is 0 Å². The minimum Gasteiger partial charge on any atom is -0.480 e. The molecule has 0 radical (unpaired) electrons. The molecular weight excluding hydrogens is 343 g/mol. The molecule has 1 atom stereocenters. The van der Waals surface area contributed by atoms with Crippen molar-refractivity contribution in [3.8, 4) is 0 Å². The van der Waals surface area contributed by atoms with E-state index < -0.39 is 29.1 Å². The number of aliphatic carboxylic acids is 1. The van der Waals surface area contributed by atoms with Crippen LogP contribution < -0.4 is 0 Å². The van der Waals surface area contributed by atoms with Crippen LogP contribution in [0.3, 0.4) is 0 Å². The van der Waals surface area contributed by atoms with Crippen LogP contribution in [-0.2, 0) is 20.7 Å². The van der Waals surface area contributed by atoms with Crippen LogP contribution in [0.4, 0.5) is 4.39 Å². The number of halogens is 2. The molecular formula is C15H18BrFO4. The van der Waals surface area contributed by atoms with E-state index in [2.05, 4.69) is 15.9 Å². The summed E-state index contributed by atoms with van der Waals surface area (Å²) in [5, 5.41) is 9.61. The maximum absolute atomic E-state index is 13.1. The Morgan fingerprint density at radius 1 is 1.43 bits per heavy atom. The van der Waals surface area contributed by atoms with Gasteiger partial charge >= 0.3 is 11.9 Å². The third-order valence-corrected chi connectivity index (χ3v) is 4.23. The van der Waals surface area contributed by atoms with E-state index in [1.54, 1.807) is 20.8 Å². The fraction of sp³-hybridized carbons (Fsp3) is 0.467. The Bertz CT molecular complexity index is 544. The molecule has 1 N–H and O–H groups in total. The van der Waals surface area contributed by atoms with E-state index in [-0.39, 0.29) is 13.0 Å². The van der Waals surface area contributed by atoms with E-state index in [1.165, 1.54) is 18.2 Å². The summed E-state index contributed by atoms with van der Waals surface area (Å²) in [5.74, 6) is -2.94. The molecule has 0 spiro atoms. The lowest BCUT2D eigenvalue weighted by Gasteiger charge is -2.31. The van der Waals surface area contributed by atoms with Gasteiger partial charge in [-0.25, -0.2) is 4.39 Å². The van der Waals surface area contributed by atoms with E-state index in [4.69, 9.17) is 4.74 Å². The third kappa shape index (κ3) is 3.61. The molecule has 116 valence electrons. The van der Waals surface area contributed by atoms with Crippen LogP contribution in [0.25, 0.3) is 0 Å². The fourth-order valence-corrected chi connectivity index (χ4v) is 2.64. The van der Waals surface area contributed by atoms with Gasteiger partial charge in [0.2, 0.25) is 0 Å². The molecule has 1 aromatic carbocycles. The molecule has 0 aliphatic carbocycles. The standard InChI is InChI=1S/C15H18BrFO4/c1-4-21-14(20)15(9(2)3,13(18)19)8-10-5-6-11(17)7-12(10)16/h5-7,9H,4,8H2,1-3H3,(H,18,19). The number of carboxylic acid groups (broad SMARTS) is 1. The van der Waals surface area contributed by atoms with Gasteiger partial charge in [0, 0.05) is 10.9 Å². The Labute approximate surface area is 131 Å². The minimum absolute atomic E-state index is 0.0697. The van der Waals surface area contributed by atoms with Gasteiger partial charge in [-0.1, -0.05) is 35.8 Å². The van der Waals surface area contributed by atoms with E-state index in [0.29, 0.717) is 10.0 Å². The van der Waals surface area contributed by atoms with Crippen molar-refractivity contribution in [3.63, 3.8) is 0 Å². The largest absolute Gasteiger partial charge is 0.480 e. The number of hydrogen-bond acceptors (Lipinski definition) is 3. The number of carbonyl (C=O) groups excluding carboxylic acids is 1. The van der Waals surface area contributed by atoms with Crippen LogP contribution in [0.5, 0.6) is 0 Å². The van der Waals surface area contributed by atoms with Crippen molar-refractivity contribution >= 4 is 27.9 Å². The van der Waals surface area contributed by atoms with Crippen LogP contribution in [0.15, 0.2) is 22.7 Å². The lowest BCUT2D eigenvalue weighted by molar-refractivity contribution is -0.172. The highest BCUT2D eigenvalue weighted by Gasteiger charge is 2.50. The molecule has 1 rings (SSSR count). The van der Waals surface area contributed by atoms with Gasteiger partial charge in [-0.05, 0) is 30.5 Å². The minimum atomic E-state index is -1.70. The highest BCUT2D eigenvalue weighted by molar-refractivity contribution is 9.10. The molecule has 4 nitrogen and oxygen atoms in total. The monoisotopic (exact) mass is 360 g/mol. The molecule has 0 heterocycles. The Morgan fingerprint density at radius 3 is 2.48 bits per heavy atom. The molecule has 1 unspecified atom stereocenters. The average molecular weight is 361 g/mol. The molecule has 0 aliphatic rings. The normalized spacial score (nSPS) is 13.8. The third-order valence-electron chi connectivity index (χ3n) is 3.49. The second kappa shape index (κ2) is 7.02. The van der Waals surface area contributed by atoms with Crippen molar-refractivity contribution in [2.24, 2.45) is 11.3 Å². The number of carboxylic acids is 1. The van der Waals surface area contributed by atoms with Crippen LogP contribution in [-0.4, -0.2) is 23.7 Å². The Balaban J connectivity index is 3.30. The second-order valence-corrected chi connectivity index (χ2v) is 5.92. The Hall–Kier alpha value is -1.43. The molecule has 6 heteroatoms. The number of hydrogen-bond donors (Lipinski definition) is 1. The summed E-state index contributed by atoms with van der Waals surface area (Å²) < 4.78 is 18.5. The van der Waals surface area contributed by atoms with Gasteiger partial charge < -0.3 is 9.84 Å². The van der Waals surface area contributed by atoms with Crippen LogP contribution in [0, 0.1) is 17.2 Å². The average Bonchev–Trinajstić information content (AvgIpc) is 2.37. The number of carbonyl (C=O) groups is 2. The predicted molar refractivity (Wildman–Crippen MR) is 79.3 cm³/mol. The van der Waals surface area contributed by atoms with Crippen LogP contribution >= 0.6 is 15.9 Å². The van der Waals surface area contributed by atoms with Crippen molar-refractivity contribution in [2.75, 3.05) is 6.61 Å². The molecule has 21 heavy (non-hydrogen) atoms. The first-order valence-electron chi connectivity index (χ1n) is 6.60. The first-order chi connectivity index (χ1) is 9.75. The van der Waals surface area contributed by atoms with Gasteiger partial charge in [-0.3, -0.25) is 9.59 Å². The van der Waals surface area contributed by atoms with Crippen molar-refractivity contribution in [3.05, 3.63) is 34.1 Å². The molecule has 1 aromatic rings. The van der Waals surface area contributed by atoms with E-state index in [9.17, 15) is 19.1 Å². The van der Waals surface area contributed by atoms with Crippen LogP contribution in [0.1, 0.15) is 26.3 Å². The van der Waals surface area contributed by atoms with Gasteiger partial charge in [0.1, 0.15) is 5.82 Å². The summed E-state index contributed by atoms with van der Waals surface area (Å²) in [5.41, 5.74) is -1.16. The van der Waals surface area contributed by atoms with Crippen molar-refractivity contribution < 1.29 is 23.8 Å². The predicted octanol–water partition coefficient (Wildman–Crippen LogP) is 3.42. The summed E-state index contributed by atoms with van der Waals surface area (Å²) in [6, 6.07) is 3.95. The van der Waals surface area contributed by atoms with Crippen molar-refractivity contribution in [1.82, 2.24) is 0 Å². The molecule has 0 saturated carbocycles. The highest BCUT2D eigenvalue weighted by Crippen LogP contribution is 2.36. The Morgan fingerprint density at radius 2 is 2.05 bits per heavy atom. The van der Waals surface area contributed by atoms with Gasteiger partial charge in [-0.2, -0.15) is 0 Å². The summed E-state index contributed by atoms with van der Waals surface area (Å²) >= 11 is 3.20. The lowest BCUT2D eigenvalue weighted by atomic mass is 9.72. The molecule has 0 amide bonds. The number of esters is 1. The SMILES string of the molecule is CCOC(=O)C(Cc1ccc(F)cc1Br)(C(=O)O)C(C)C. The molecule has 0 bridgehead atoms. The van der Waals surface area contributed by atoms with Gasteiger partial charge in [0.15, 0.2) is 5.41 Å². The smallest absolute Gasteiger partial charge is 0.324 e. The summed E-state index contributed by atoms with van der Waals surface area (Å²) in [6.07, 6.45) is -0.0697. The van der Waals surface area contributed by atoms with Crippen molar-refractivity contribution in [2.45, 2.75) is 27.2 Å². The zero-order valence-electron chi connectivity index (χ0n) is 12.2. The van der Waals surface area contributed by atoms with Crippen LogP contribution in [0.2, 0.25) is 0 Å². The first kappa shape index (κ1) is 17.6. The summed E-state index contributed by atoms with van der Waals surface area (Å²) in [4.78, 5) is 24.0. The van der Waals surface area contributed by atoms with Gasteiger partial charge in [0.05, 0.1) is 6.61 Å².